The average molecular weight is 462 g/mol. The summed E-state index contributed by atoms with van der Waals surface area (Å²) in [5, 5.41) is 11.1. The van der Waals surface area contributed by atoms with E-state index in [2.05, 4.69) is 0 Å². The van der Waals surface area contributed by atoms with E-state index >= 15 is 0 Å². The van der Waals surface area contributed by atoms with Crippen molar-refractivity contribution in [1.29, 1.82) is 0 Å². The molecule has 5 nitrogen and oxygen atoms in total. The van der Waals surface area contributed by atoms with Gasteiger partial charge in [-0.25, -0.2) is 13.5 Å². The fourth-order valence-corrected chi connectivity index (χ4v) is 4.38. The summed E-state index contributed by atoms with van der Waals surface area (Å²) >= 11 is 5.99. The van der Waals surface area contributed by atoms with Gasteiger partial charge in [0.2, 0.25) is 0 Å². The van der Waals surface area contributed by atoms with Crippen LogP contribution in [0.25, 0.3) is 0 Å². The molecule has 0 atom stereocenters. The monoisotopic (exact) mass is 461 g/mol. The zero-order valence-corrected chi connectivity index (χ0v) is 18.9. The first-order valence-corrected chi connectivity index (χ1v) is 10.9. The zero-order valence-electron chi connectivity index (χ0n) is 18.1. The van der Waals surface area contributed by atoms with Gasteiger partial charge in [-0.1, -0.05) is 23.7 Å². The highest BCUT2D eigenvalue weighted by atomic mass is 35.5. The van der Waals surface area contributed by atoms with Crippen molar-refractivity contribution in [1.82, 2.24) is 14.3 Å². The van der Waals surface area contributed by atoms with Crippen LogP contribution in [0.1, 0.15) is 36.2 Å². The molecular formula is C24H26ClF2N3O2. The summed E-state index contributed by atoms with van der Waals surface area (Å²) < 4.78 is 30.7. The minimum absolute atomic E-state index is 0.116. The molecule has 0 unspecified atom stereocenters. The highest BCUT2D eigenvalue weighted by Crippen LogP contribution is 2.22. The number of hydrogen-bond acceptors (Lipinski definition) is 3. The molecule has 0 radical (unpaired) electrons. The third-order valence-electron chi connectivity index (χ3n) is 5.60. The third kappa shape index (κ3) is 5.11. The number of rotatable bonds is 6. The van der Waals surface area contributed by atoms with Crippen LogP contribution in [-0.4, -0.2) is 31.5 Å². The Morgan fingerprint density at radius 3 is 2.28 bits per heavy atom. The molecule has 0 bridgehead atoms. The second kappa shape index (κ2) is 8.81. The van der Waals surface area contributed by atoms with Crippen molar-refractivity contribution in [2.45, 2.75) is 52.0 Å². The Labute approximate surface area is 190 Å². The summed E-state index contributed by atoms with van der Waals surface area (Å²) in [6, 6.07) is 10.8. The Morgan fingerprint density at radius 2 is 1.66 bits per heavy atom. The summed E-state index contributed by atoms with van der Waals surface area (Å²) in [6.45, 7) is 5.43. The first-order chi connectivity index (χ1) is 15.1. The van der Waals surface area contributed by atoms with Crippen LogP contribution in [0.2, 0.25) is 5.02 Å². The van der Waals surface area contributed by atoms with Gasteiger partial charge in [-0.05, 0) is 49.2 Å². The molecule has 1 aliphatic heterocycles. The van der Waals surface area contributed by atoms with Crippen LogP contribution in [-0.2, 0) is 32.6 Å². The van der Waals surface area contributed by atoms with Gasteiger partial charge in [0, 0.05) is 42.8 Å². The quantitative estimate of drug-likeness (QED) is 0.604. The number of aromatic nitrogens is 2. The van der Waals surface area contributed by atoms with Crippen molar-refractivity contribution in [3.8, 4) is 0 Å². The van der Waals surface area contributed by atoms with Gasteiger partial charge in [0.25, 0.3) is 5.56 Å². The molecule has 0 saturated heterocycles. The molecule has 32 heavy (non-hydrogen) atoms. The minimum atomic E-state index is -1.00. The summed E-state index contributed by atoms with van der Waals surface area (Å²) in [5.41, 5.74) is 1.89. The molecule has 1 N–H and O–H groups in total. The third-order valence-corrected chi connectivity index (χ3v) is 5.85. The van der Waals surface area contributed by atoms with Gasteiger partial charge in [0.15, 0.2) is 0 Å². The number of benzene rings is 2. The zero-order chi connectivity index (χ0) is 23.0. The van der Waals surface area contributed by atoms with Crippen molar-refractivity contribution in [2.75, 3.05) is 6.54 Å². The van der Waals surface area contributed by atoms with Crippen molar-refractivity contribution < 1.29 is 13.9 Å². The lowest BCUT2D eigenvalue weighted by Crippen LogP contribution is -2.34. The molecular weight excluding hydrogens is 436 g/mol. The second-order valence-electron chi connectivity index (χ2n) is 9.02. The molecule has 1 aromatic heterocycles. The molecule has 2 aromatic carbocycles. The van der Waals surface area contributed by atoms with Gasteiger partial charge < -0.3 is 5.11 Å². The van der Waals surface area contributed by atoms with E-state index in [1.54, 1.807) is 30.7 Å². The van der Waals surface area contributed by atoms with Gasteiger partial charge >= 0.3 is 0 Å². The molecule has 4 rings (SSSR count). The van der Waals surface area contributed by atoms with Gasteiger partial charge in [-0.15, -0.1) is 0 Å². The Kier molecular flexibility index (Phi) is 6.25. The number of nitrogens with zero attached hydrogens (tertiary/aromatic N) is 3. The summed E-state index contributed by atoms with van der Waals surface area (Å²) in [6.07, 6.45) is 0.603. The average Bonchev–Trinajstić information content (AvgIpc) is 2.93. The topological polar surface area (TPSA) is 50.4 Å². The van der Waals surface area contributed by atoms with Crippen LogP contribution >= 0.6 is 11.6 Å². The van der Waals surface area contributed by atoms with Gasteiger partial charge in [0.05, 0.1) is 24.3 Å². The van der Waals surface area contributed by atoms with Gasteiger partial charge in [-0.2, -0.15) is 0 Å². The highest BCUT2D eigenvalue weighted by molar-refractivity contribution is 6.30. The number of aliphatic hydroxyl groups is 1. The minimum Gasteiger partial charge on any atom is -0.389 e. The maximum absolute atomic E-state index is 13.6. The van der Waals surface area contributed by atoms with E-state index in [0.717, 1.165) is 17.3 Å². The maximum atomic E-state index is 13.6. The summed E-state index contributed by atoms with van der Waals surface area (Å²) in [5.74, 6) is -1.22. The highest BCUT2D eigenvalue weighted by Gasteiger charge is 2.28. The summed E-state index contributed by atoms with van der Waals surface area (Å²) in [4.78, 5) is 15.4. The number of fused-ring (bicyclic) bond motifs is 1. The number of hydrogen-bond donors (Lipinski definition) is 1. The Morgan fingerprint density at radius 1 is 1.00 bits per heavy atom. The molecule has 0 saturated carbocycles. The Balaban J connectivity index is 1.66. The Bertz CT molecular complexity index is 1160. The molecule has 0 aliphatic carbocycles. The van der Waals surface area contributed by atoms with Crippen LogP contribution in [0.3, 0.4) is 0 Å². The standard InChI is InChI=1S/C24H26ClF2N3O2/c1-24(2,32)15-30-22-7-8-28(12-17-9-19(26)11-20(27)10-17)14-21(22)23(31)29(30)13-16-3-5-18(25)6-4-16/h3-6,9-11,32H,7-8,12-15H2,1-2H3. The van der Waals surface area contributed by atoms with E-state index < -0.39 is 17.2 Å². The fourth-order valence-electron chi connectivity index (χ4n) is 4.26. The molecule has 0 spiro atoms. The van der Waals surface area contributed by atoms with E-state index in [-0.39, 0.29) is 12.1 Å². The van der Waals surface area contributed by atoms with E-state index in [4.69, 9.17) is 11.6 Å². The van der Waals surface area contributed by atoms with Crippen molar-refractivity contribution in [2.24, 2.45) is 0 Å². The predicted octanol–water partition coefficient (Wildman–Crippen LogP) is 3.96. The van der Waals surface area contributed by atoms with Crippen LogP contribution in [0.4, 0.5) is 8.78 Å². The Hall–Kier alpha value is -2.48. The van der Waals surface area contributed by atoms with Gasteiger partial charge in [0.1, 0.15) is 11.6 Å². The van der Waals surface area contributed by atoms with Crippen LogP contribution < -0.4 is 5.56 Å². The molecule has 2 heterocycles. The molecule has 0 fully saturated rings. The lowest BCUT2D eigenvalue weighted by Gasteiger charge is -2.28. The smallest absolute Gasteiger partial charge is 0.271 e. The summed E-state index contributed by atoms with van der Waals surface area (Å²) in [7, 11) is 0. The molecule has 1 aliphatic rings. The van der Waals surface area contributed by atoms with Crippen LogP contribution in [0.15, 0.2) is 47.3 Å². The molecule has 170 valence electrons. The molecule has 3 aromatic rings. The first kappa shape index (κ1) is 22.7. The van der Waals surface area contributed by atoms with E-state index in [1.807, 2.05) is 21.7 Å². The van der Waals surface area contributed by atoms with E-state index in [0.29, 0.717) is 48.7 Å². The SMILES string of the molecule is CC(C)(O)Cn1c2c(c(=O)n1Cc1ccc(Cl)cc1)CN(Cc1cc(F)cc(F)c1)CC2. The van der Waals surface area contributed by atoms with Crippen molar-refractivity contribution in [3.63, 3.8) is 0 Å². The van der Waals surface area contributed by atoms with Crippen LogP contribution in [0, 0.1) is 11.6 Å². The van der Waals surface area contributed by atoms with E-state index in [9.17, 15) is 18.7 Å². The number of halogens is 3. The largest absolute Gasteiger partial charge is 0.389 e. The fraction of sp³-hybridized carbons (Fsp3) is 0.375. The van der Waals surface area contributed by atoms with Crippen molar-refractivity contribution >= 4 is 11.6 Å². The lowest BCUT2D eigenvalue weighted by atomic mass is 10.1. The maximum Gasteiger partial charge on any atom is 0.271 e. The normalized spacial score (nSPS) is 14.6. The molecule has 0 amide bonds. The lowest BCUT2D eigenvalue weighted by molar-refractivity contribution is 0.0518. The second-order valence-corrected chi connectivity index (χ2v) is 9.46. The van der Waals surface area contributed by atoms with Crippen LogP contribution in [0.5, 0.6) is 0 Å². The first-order valence-electron chi connectivity index (χ1n) is 10.5. The van der Waals surface area contributed by atoms with E-state index in [1.165, 1.54) is 12.1 Å². The molecule has 8 heteroatoms. The van der Waals surface area contributed by atoms with Gasteiger partial charge in [-0.3, -0.25) is 14.4 Å². The van der Waals surface area contributed by atoms with Crippen molar-refractivity contribution in [3.05, 3.63) is 91.9 Å². The predicted molar refractivity (Wildman–Crippen MR) is 120 cm³/mol.